The first-order valence-corrected chi connectivity index (χ1v) is 8.30. The van der Waals surface area contributed by atoms with E-state index in [1.165, 1.54) is 12.0 Å². The van der Waals surface area contributed by atoms with Crippen LogP contribution in [0.5, 0.6) is 5.75 Å². The largest absolute Gasteiger partial charge is 0.491 e. The lowest BCUT2D eigenvalue weighted by atomic mass is 9.84. The molecule has 0 aromatic heterocycles. The van der Waals surface area contributed by atoms with Crippen LogP contribution in [-0.4, -0.2) is 24.6 Å². The van der Waals surface area contributed by atoms with Crippen molar-refractivity contribution in [2.45, 2.75) is 45.2 Å². The van der Waals surface area contributed by atoms with Crippen molar-refractivity contribution in [3.05, 3.63) is 29.8 Å². The first-order chi connectivity index (χ1) is 10.5. The van der Waals surface area contributed by atoms with Gasteiger partial charge in [0, 0.05) is 6.04 Å². The number of fused-ring (bicyclic) bond motifs is 2. The van der Waals surface area contributed by atoms with Crippen LogP contribution in [-0.2, 0) is 4.79 Å². The van der Waals surface area contributed by atoms with E-state index in [2.05, 4.69) is 5.32 Å². The summed E-state index contributed by atoms with van der Waals surface area (Å²) >= 11 is 0. The number of carbonyl (C=O) groups is 1. The molecule has 1 aromatic rings. The van der Waals surface area contributed by atoms with Crippen molar-refractivity contribution in [1.82, 2.24) is 5.32 Å². The molecule has 4 heteroatoms. The van der Waals surface area contributed by atoms with Crippen LogP contribution in [0.1, 0.15) is 31.7 Å². The molecule has 0 radical (unpaired) electrons. The van der Waals surface area contributed by atoms with Crippen LogP contribution in [0, 0.1) is 24.7 Å². The Bertz CT molecular complexity index is 544. The predicted molar refractivity (Wildman–Crippen MR) is 86.6 cm³/mol. The summed E-state index contributed by atoms with van der Waals surface area (Å²) in [5, 5.41) is 3.08. The molecule has 120 valence electrons. The minimum Gasteiger partial charge on any atom is -0.491 e. The van der Waals surface area contributed by atoms with Crippen molar-refractivity contribution in [3.63, 3.8) is 0 Å². The van der Waals surface area contributed by atoms with Crippen molar-refractivity contribution in [2.24, 2.45) is 23.5 Å². The Morgan fingerprint density at radius 2 is 2.18 bits per heavy atom. The molecular formula is C18H26N2O2. The van der Waals surface area contributed by atoms with E-state index in [1.807, 2.05) is 38.1 Å². The fourth-order valence-electron chi connectivity index (χ4n) is 4.03. The molecule has 0 saturated heterocycles. The van der Waals surface area contributed by atoms with Gasteiger partial charge in [0.2, 0.25) is 5.91 Å². The molecule has 2 aliphatic carbocycles. The molecule has 1 aromatic carbocycles. The molecule has 1 amide bonds. The zero-order chi connectivity index (χ0) is 15.7. The standard InChI is InChI=1S/C18H26N2O2/c1-11-4-3-5-15(8-11)22-10-12(2)20-18(21)16-13-6-7-14(9-13)17(16)19/h3-5,8,12-14,16-17H,6-7,9-10,19H2,1-2H3,(H,20,21). The minimum absolute atomic E-state index is 0.000157. The Labute approximate surface area is 132 Å². The lowest BCUT2D eigenvalue weighted by Gasteiger charge is -2.28. The first-order valence-electron chi connectivity index (χ1n) is 8.30. The molecule has 2 saturated carbocycles. The Kier molecular flexibility index (Phi) is 4.39. The van der Waals surface area contributed by atoms with Gasteiger partial charge < -0.3 is 15.8 Å². The number of hydrogen-bond acceptors (Lipinski definition) is 3. The van der Waals surface area contributed by atoms with Gasteiger partial charge in [0.15, 0.2) is 0 Å². The van der Waals surface area contributed by atoms with Crippen molar-refractivity contribution < 1.29 is 9.53 Å². The molecule has 5 atom stereocenters. The van der Waals surface area contributed by atoms with E-state index in [0.717, 1.165) is 18.6 Å². The van der Waals surface area contributed by atoms with Gasteiger partial charge in [-0.05, 0) is 62.6 Å². The van der Waals surface area contributed by atoms with Gasteiger partial charge in [-0.15, -0.1) is 0 Å². The number of ether oxygens (including phenoxy) is 1. The molecular weight excluding hydrogens is 276 g/mol. The van der Waals surface area contributed by atoms with E-state index in [9.17, 15) is 4.79 Å². The monoisotopic (exact) mass is 302 g/mol. The normalized spacial score (nSPS) is 31.0. The van der Waals surface area contributed by atoms with Crippen LogP contribution in [0.25, 0.3) is 0 Å². The molecule has 3 N–H and O–H groups in total. The van der Waals surface area contributed by atoms with E-state index in [-0.39, 0.29) is 23.9 Å². The molecule has 22 heavy (non-hydrogen) atoms. The quantitative estimate of drug-likeness (QED) is 0.877. The number of amides is 1. The summed E-state index contributed by atoms with van der Waals surface area (Å²) in [6, 6.07) is 7.98. The molecule has 4 nitrogen and oxygen atoms in total. The van der Waals surface area contributed by atoms with Gasteiger partial charge in [0.05, 0.1) is 12.0 Å². The fourth-order valence-corrected chi connectivity index (χ4v) is 4.03. The molecule has 5 unspecified atom stereocenters. The van der Waals surface area contributed by atoms with Crippen LogP contribution in [0.4, 0.5) is 0 Å². The Hall–Kier alpha value is -1.55. The highest BCUT2D eigenvalue weighted by atomic mass is 16.5. The number of rotatable bonds is 5. The first kappa shape index (κ1) is 15.3. The fraction of sp³-hybridized carbons (Fsp3) is 0.611. The third-order valence-corrected chi connectivity index (χ3v) is 5.16. The molecule has 2 bridgehead atoms. The second-order valence-corrected chi connectivity index (χ2v) is 6.97. The second kappa shape index (κ2) is 6.29. The third kappa shape index (κ3) is 3.12. The Morgan fingerprint density at radius 3 is 2.86 bits per heavy atom. The summed E-state index contributed by atoms with van der Waals surface area (Å²) in [7, 11) is 0. The third-order valence-electron chi connectivity index (χ3n) is 5.16. The maximum Gasteiger partial charge on any atom is 0.225 e. The lowest BCUT2D eigenvalue weighted by Crippen LogP contribution is -2.48. The maximum absolute atomic E-state index is 12.5. The van der Waals surface area contributed by atoms with E-state index < -0.39 is 0 Å². The minimum atomic E-state index is -0.0145. The highest BCUT2D eigenvalue weighted by Crippen LogP contribution is 2.47. The zero-order valence-electron chi connectivity index (χ0n) is 13.4. The summed E-state index contributed by atoms with van der Waals surface area (Å²) in [6.45, 7) is 4.49. The van der Waals surface area contributed by atoms with Crippen molar-refractivity contribution in [1.29, 1.82) is 0 Å². The highest BCUT2D eigenvalue weighted by molar-refractivity contribution is 5.80. The summed E-state index contributed by atoms with van der Waals surface area (Å²) in [4.78, 5) is 12.5. The molecule has 3 rings (SSSR count). The van der Waals surface area contributed by atoms with Crippen LogP contribution < -0.4 is 15.8 Å². The summed E-state index contributed by atoms with van der Waals surface area (Å²) in [5.74, 6) is 2.00. The summed E-state index contributed by atoms with van der Waals surface area (Å²) < 4.78 is 5.75. The highest BCUT2D eigenvalue weighted by Gasteiger charge is 2.49. The Morgan fingerprint density at radius 1 is 1.41 bits per heavy atom. The molecule has 2 aliphatic rings. The van der Waals surface area contributed by atoms with E-state index >= 15 is 0 Å². The van der Waals surface area contributed by atoms with Crippen molar-refractivity contribution in [3.8, 4) is 5.75 Å². The average Bonchev–Trinajstić information content (AvgIpc) is 3.06. The van der Waals surface area contributed by atoms with Gasteiger partial charge in [0.25, 0.3) is 0 Å². The van der Waals surface area contributed by atoms with Gasteiger partial charge >= 0.3 is 0 Å². The predicted octanol–water partition coefficient (Wildman–Crippen LogP) is 2.25. The number of nitrogens with two attached hydrogens (primary N) is 1. The number of carbonyl (C=O) groups excluding carboxylic acids is 1. The van der Waals surface area contributed by atoms with Gasteiger partial charge in [-0.3, -0.25) is 4.79 Å². The van der Waals surface area contributed by atoms with Gasteiger partial charge in [0.1, 0.15) is 12.4 Å². The second-order valence-electron chi connectivity index (χ2n) is 6.97. The molecule has 0 aliphatic heterocycles. The smallest absolute Gasteiger partial charge is 0.225 e. The maximum atomic E-state index is 12.5. The number of nitrogens with one attached hydrogen (secondary N) is 1. The molecule has 0 spiro atoms. The van der Waals surface area contributed by atoms with Gasteiger partial charge in [-0.25, -0.2) is 0 Å². The summed E-state index contributed by atoms with van der Waals surface area (Å²) in [5.41, 5.74) is 7.40. The van der Waals surface area contributed by atoms with Crippen LogP contribution in [0.3, 0.4) is 0 Å². The van der Waals surface area contributed by atoms with E-state index in [1.54, 1.807) is 0 Å². The van der Waals surface area contributed by atoms with Crippen LogP contribution in [0.2, 0.25) is 0 Å². The van der Waals surface area contributed by atoms with Crippen molar-refractivity contribution >= 4 is 5.91 Å². The molecule has 2 fully saturated rings. The lowest BCUT2D eigenvalue weighted by molar-refractivity contribution is -0.127. The van der Waals surface area contributed by atoms with Crippen LogP contribution >= 0.6 is 0 Å². The number of hydrogen-bond donors (Lipinski definition) is 2. The topological polar surface area (TPSA) is 64.3 Å². The molecule has 0 heterocycles. The zero-order valence-corrected chi connectivity index (χ0v) is 13.4. The Balaban J connectivity index is 1.49. The number of aryl methyl sites for hydroxylation is 1. The SMILES string of the molecule is Cc1cccc(OCC(C)NC(=O)C2C3CCC(C3)C2N)c1. The van der Waals surface area contributed by atoms with Crippen LogP contribution in [0.15, 0.2) is 24.3 Å². The van der Waals surface area contributed by atoms with Gasteiger partial charge in [-0.1, -0.05) is 12.1 Å². The van der Waals surface area contributed by atoms with E-state index in [0.29, 0.717) is 18.4 Å². The average molecular weight is 302 g/mol. The van der Waals surface area contributed by atoms with E-state index in [4.69, 9.17) is 10.5 Å². The van der Waals surface area contributed by atoms with Crippen molar-refractivity contribution in [2.75, 3.05) is 6.61 Å². The van der Waals surface area contributed by atoms with Gasteiger partial charge in [-0.2, -0.15) is 0 Å². The number of benzene rings is 1. The summed E-state index contributed by atoms with van der Waals surface area (Å²) in [6.07, 6.45) is 3.49.